The molecule has 0 aromatic heterocycles. The fourth-order valence-electron chi connectivity index (χ4n) is 1.31. The maximum atomic E-state index is 10.1. The van der Waals surface area contributed by atoms with E-state index in [1.165, 1.54) is 32.1 Å². The average Bonchev–Trinajstić information content (AvgIpc) is 2.37. The summed E-state index contributed by atoms with van der Waals surface area (Å²) < 4.78 is 0. The lowest BCUT2D eigenvalue weighted by molar-refractivity contribution is -0.139. The standard InChI is InChI=1S/C10H20O2.C3H7NO3/c1-2-3-4-5-6-7-8-9-10(11)12;4-2(1-5)3(6)7/h2-9H2,1H3,(H,11,12);2,5H,1,4H2,(H,6,7)/t;2-/m.0/s1. The van der Waals surface area contributed by atoms with Gasteiger partial charge in [0.05, 0.1) is 6.61 Å². The molecule has 5 N–H and O–H groups in total. The summed E-state index contributed by atoms with van der Waals surface area (Å²) in [5.74, 6) is -1.84. The van der Waals surface area contributed by atoms with Gasteiger partial charge in [0.15, 0.2) is 0 Å². The molecule has 0 bridgehead atoms. The Labute approximate surface area is 114 Å². The Morgan fingerprint density at radius 2 is 1.47 bits per heavy atom. The second-order valence-corrected chi connectivity index (χ2v) is 4.39. The summed E-state index contributed by atoms with van der Waals surface area (Å²) in [5, 5.41) is 24.3. The Hall–Kier alpha value is -1.14. The highest BCUT2D eigenvalue weighted by Crippen LogP contribution is 2.07. The van der Waals surface area contributed by atoms with E-state index < -0.39 is 24.6 Å². The zero-order valence-corrected chi connectivity index (χ0v) is 11.7. The second kappa shape index (κ2) is 14.9. The highest BCUT2D eigenvalue weighted by Gasteiger charge is 2.07. The molecule has 19 heavy (non-hydrogen) atoms. The molecule has 0 fully saturated rings. The minimum atomic E-state index is -1.18. The third kappa shape index (κ3) is 19.4. The third-order valence-electron chi connectivity index (χ3n) is 2.51. The monoisotopic (exact) mass is 277 g/mol. The molecule has 114 valence electrons. The van der Waals surface area contributed by atoms with Gasteiger partial charge in [0, 0.05) is 6.42 Å². The molecule has 0 amide bonds. The third-order valence-corrected chi connectivity index (χ3v) is 2.51. The van der Waals surface area contributed by atoms with Crippen molar-refractivity contribution in [1.29, 1.82) is 0 Å². The van der Waals surface area contributed by atoms with E-state index in [4.69, 9.17) is 21.1 Å². The number of rotatable bonds is 10. The molecule has 6 heteroatoms. The molecule has 0 radical (unpaired) electrons. The number of hydrogen-bond acceptors (Lipinski definition) is 4. The maximum absolute atomic E-state index is 10.1. The molecule has 0 unspecified atom stereocenters. The number of aliphatic carboxylic acids is 2. The van der Waals surface area contributed by atoms with E-state index in [0.717, 1.165) is 12.8 Å². The zero-order valence-electron chi connectivity index (χ0n) is 11.7. The number of aliphatic hydroxyl groups is 1. The van der Waals surface area contributed by atoms with E-state index >= 15 is 0 Å². The van der Waals surface area contributed by atoms with E-state index in [1.807, 2.05) is 0 Å². The number of hydrogen-bond donors (Lipinski definition) is 4. The predicted octanol–water partition coefficient (Wildman–Crippen LogP) is 1.60. The van der Waals surface area contributed by atoms with Crippen LogP contribution in [0.25, 0.3) is 0 Å². The largest absolute Gasteiger partial charge is 0.481 e. The molecule has 6 nitrogen and oxygen atoms in total. The highest BCUT2D eigenvalue weighted by atomic mass is 16.4. The average molecular weight is 277 g/mol. The normalized spacial score (nSPS) is 11.3. The van der Waals surface area contributed by atoms with Crippen LogP contribution in [0.4, 0.5) is 0 Å². The summed E-state index contributed by atoms with van der Waals surface area (Å²) in [6, 6.07) is -1.13. The lowest BCUT2D eigenvalue weighted by Gasteiger charge is -1.98. The van der Waals surface area contributed by atoms with Crippen LogP contribution in [0.1, 0.15) is 58.3 Å². The van der Waals surface area contributed by atoms with Crippen LogP contribution in [0.15, 0.2) is 0 Å². The first-order chi connectivity index (χ1) is 8.95. The van der Waals surface area contributed by atoms with Crippen molar-refractivity contribution >= 4 is 11.9 Å². The Kier molecular flexibility index (Phi) is 15.8. The van der Waals surface area contributed by atoms with Crippen LogP contribution in [0, 0.1) is 0 Å². The topological polar surface area (TPSA) is 121 Å². The van der Waals surface area contributed by atoms with Crippen LogP contribution >= 0.6 is 0 Å². The lowest BCUT2D eigenvalue weighted by Crippen LogP contribution is -2.33. The lowest BCUT2D eigenvalue weighted by atomic mass is 10.1. The van der Waals surface area contributed by atoms with Crippen molar-refractivity contribution in [3.63, 3.8) is 0 Å². The SMILES string of the molecule is CCCCCCCCCC(=O)O.N[C@@H](CO)C(=O)O. The van der Waals surface area contributed by atoms with Gasteiger partial charge in [-0.15, -0.1) is 0 Å². The van der Waals surface area contributed by atoms with Gasteiger partial charge in [-0.2, -0.15) is 0 Å². The van der Waals surface area contributed by atoms with E-state index in [2.05, 4.69) is 6.92 Å². The Bertz CT molecular complexity index is 233. The number of carbonyl (C=O) groups is 2. The van der Waals surface area contributed by atoms with Crippen molar-refractivity contribution in [3.8, 4) is 0 Å². The van der Waals surface area contributed by atoms with Crippen LogP contribution in [0.2, 0.25) is 0 Å². The quantitative estimate of drug-likeness (QED) is 0.450. The van der Waals surface area contributed by atoms with Crippen molar-refractivity contribution in [2.75, 3.05) is 6.61 Å². The molecule has 0 rings (SSSR count). The number of carboxylic acid groups (broad SMARTS) is 2. The van der Waals surface area contributed by atoms with Gasteiger partial charge >= 0.3 is 11.9 Å². The maximum Gasteiger partial charge on any atom is 0.322 e. The van der Waals surface area contributed by atoms with Crippen LogP contribution in [-0.4, -0.2) is 39.9 Å². The second-order valence-electron chi connectivity index (χ2n) is 4.39. The molecular weight excluding hydrogens is 250 g/mol. The summed E-state index contributed by atoms with van der Waals surface area (Å²) in [5.41, 5.74) is 4.77. The summed E-state index contributed by atoms with van der Waals surface area (Å²) in [7, 11) is 0. The first-order valence-electron chi connectivity index (χ1n) is 6.76. The molecule has 1 atom stereocenters. The van der Waals surface area contributed by atoms with Gasteiger partial charge < -0.3 is 21.1 Å². The molecule has 0 spiro atoms. The minimum absolute atomic E-state index is 0.341. The molecule has 0 saturated carbocycles. The fourth-order valence-corrected chi connectivity index (χ4v) is 1.31. The first-order valence-corrected chi connectivity index (χ1v) is 6.76. The molecule has 0 aromatic rings. The number of aliphatic hydroxyl groups excluding tert-OH is 1. The molecule has 0 aliphatic heterocycles. The number of carboxylic acids is 2. The first kappa shape index (κ1) is 20.2. The summed E-state index contributed by atoms with van der Waals surface area (Å²) in [6.07, 6.45) is 8.64. The van der Waals surface area contributed by atoms with Gasteiger partial charge in [-0.25, -0.2) is 0 Å². The van der Waals surface area contributed by atoms with Crippen LogP contribution in [0.3, 0.4) is 0 Å². The highest BCUT2D eigenvalue weighted by molar-refractivity contribution is 5.73. The Morgan fingerprint density at radius 1 is 1.00 bits per heavy atom. The molecule has 0 aromatic carbocycles. The van der Waals surface area contributed by atoms with Crippen LogP contribution in [-0.2, 0) is 9.59 Å². The minimum Gasteiger partial charge on any atom is -0.481 e. The van der Waals surface area contributed by atoms with Crippen LogP contribution < -0.4 is 5.73 Å². The summed E-state index contributed by atoms with van der Waals surface area (Å²) in [4.78, 5) is 19.8. The van der Waals surface area contributed by atoms with E-state index in [1.54, 1.807) is 0 Å². The fraction of sp³-hybridized carbons (Fsp3) is 0.846. The Balaban J connectivity index is 0. The molecule has 0 saturated heterocycles. The summed E-state index contributed by atoms with van der Waals surface area (Å²) in [6.45, 7) is 1.69. The number of nitrogens with two attached hydrogens (primary N) is 1. The molecule has 0 aliphatic rings. The van der Waals surface area contributed by atoms with E-state index in [9.17, 15) is 9.59 Å². The van der Waals surface area contributed by atoms with Gasteiger partial charge in [-0.05, 0) is 6.42 Å². The summed E-state index contributed by atoms with van der Waals surface area (Å²) >= 11 is 0. The smallest absolute Gasteiger partial charge is 0.322 e. The van der Waals surface area contributed by atoms with Crippen molar-refractivity contribution < 1.29 is 24.9 Å². The van der Waals surface area contributed by atoms with Crippen molar-refractivity contribution in [1.82, 2.24) is 0 Å². The predicted molar refractivity (Wildman–Crippen MR) is 72.9 cm³/mol. The Morgan fingerprint density at radius 3 is 1.79 bits per heavy atom. The molecule has 0 aliphatic carbocycles. The molecule has 0 heterocycles. The van der Waals surface area contributed by atoms with Crippen molar-refractivity contribution in [2.24, 2.45) is 5.73 Å². The van der Waals surface area contributed by atoms with Gasteiger partial charge in [-0.3, -0.25) is 9.59 Å². The zero-order chi connectivity index (χ0) is 15.1. The molecular formula is C13H27NO5. The van der Waals surface area contributed by atoms with Gasteiger partial charge in [0.25, 0.3) is 0 Å². The van der Waals surface area contributed by atoms with Crippen molar-refractivity contribution in [3.05, 3.63) is 0 Å². The van der Waals surface area contributed by atoms with Gasteiger partial charge in [0.1, 0.15) is 6.04 Å². The van der Waals surface area contributed by atoms with E-state index in [0.29, 0.717) is 6.42 Å². The number of unbranched alkanes of at least 4 members (excludes halogenated alkanes) is 6. The van der Waals surface area contributed by atoms with E-state index in [-0.39, 0.29) is 0 Å². The van der Waals surface area contributed by atoms with Crippen molar-refractivity contribution in [2.45, 2.75) is 64.3 Å². The van der Waals surface area contributed by atoms with Gasteiger partial charge in [0.2, 0.25) is 0 Å². The van der Waals surface area contributed by atoms with Crippen LogP contribution in [0.5, 0.6) is 0 Å². The van der Waals surface area contributed by atoms with Gasteiger partial charge in [-0.1, -0.05) is 45.4 Å².